The Morgan fingerprint density at radius 1 is 1.38 bits per heavy atom. The number of carbonyl (C=O) groups is 1. The van der Waals surface area contributed by atoms with Crippen LogP contribution in [0.15, 0.2) is 18.2 Å². The highest BCUT2D eigenvalue weighted by Crippen LogP contribution is 2.27. The minimum Gasteiger partial charge on any atom is -0.323 e. The van der Waals surface area contributed by atoms with Crippen molar-refractivity contribution in [2.24, 2.45) is 5.92 Å². The van der Waals surface area contributed by atoms with Crippen molar-refractivity contribution in [2.45, 2.75) is 25.7 Å². The van der Waals surface area contributed by atoms with Gasteiger partial charge >= 0.3 is 0 Å². The molecule has 1 N–H and O–H groups in total. The SMILES string of the molecule is O=C(Nc1ccc(Cl)cc1F)C1CCCC1. The highest BCUT2D eigenvalue weighted by Gasteiger charge is 2.23. The van der Waals surface area contributed by atoms with Gasteiger partial charge in [0.25, 0.3) is 0 Å². The lowest BCUT2D eigenvalue weighted by Gasteiger charge is -2.10. The first kappa shape index (κ1) is 11.4. The van der Waals surface area contributed by atoms with E-state index in [2.05, 4.69) is 5.32 Å². The van der Waals surface area contributed by atoms with E-state index in [0.717, 1.165) is 25.7 Å². The summed E-state index contributed by atoms with van der Waals surface area (Å²) >= 11 is 5.63. The number of halogens is 2. The molecule has 1 aromatic rings. The maximum atomic E-state index is 13.4. The molecule has 0 aliphatic heterocycles. The first-order valence-electron chi connectivity index (χ1n) is 5.43. The van der Waals surface area contributed by atoms with E-state index in [9.17, 15) is 9.18 Å². The van der Waals surface area contributed by atoms with Crippen LogP contribution in [0.1, 0.15) is 25.7 Å². The third kappa shape index (κ3) is 2.53. The first-order valence-corrected chi connectivity index (χ1v) is 5.80. The van der Waals surface area contributed by atoms with E-state index in [1.165, 1.54) is 12.1 Å². The second-order valence-electron chi connectivity index (χ2n) is 4.09. The molecule has 86 valence electrons. The van der Waals surface area contributed by atoms with Gasteiger partial charge < -0.3 is 5.32 Å². The van der Waals surface area contributed by atoms with Gasteiger partial charge in [-0.15, -0.1) is 0 Å². The molecule has 1 aliphatic rings. The Bertz CT molecular complexity index is 402. The fraction of sp³-hybridized carbons (Fsp3) is 0.417. The Morgan fingerprint density at radius 3 is 2.69 bits per heavy atom. The van der Waals surface area contributed by atoms with E-state index in [1.54, 1.807) is 6.07 Å². The number of rotatable bonds is 2. The van der Waals surface area contributed by atoms with Gasteiger partial charge in [0.2, 0.25) is 5.91 Å². The van der Waals surface area contributed by atoms with Crippen molar-refractivity contribution in [3.05, 3.63) is 29.0 Å². The molecule has 1 saturated carbocycles. The van der Waals surface area contributed by atoms with Gasteiger partial charge in [-0.1, -0.05) is 24.4 Å². The zero-order chi connectivity index (χ0) is 11.5. The third-order valence-electron chi connectivity index (χ3n) is 2.91. The zero-order valence-corrected chi connectivity index (χ0v) is 9.56. The Hall–Kier alpha value is -1.09. The van der Waals surface area contributed by atoms with Crippen molar-refractivity contribution in [3.8, 4) is 0 Å². The van der Waals surface area contributed by atoms with Crippen LogP contribution >= 0.6 is 11.6 Å². The van der Waals surface area contributed by atoms with Crippen molar-refractivity contribution in [1.29, 1.82) is 0 Å². The molecule has 1 amide bonds. The van der Waals surface area contributed by atoms with Crippen LogP contribution < -0.4 is 5.32 Å². The highest BCUT2D eigenvalue weighted by molar-refractivity contribution is 6.30. The lowest BCUT2D eigenvalue weighted by Crippen LogP contribution is -2.20. The van der Waals surface area contributed by atoms with Crippen LogP contribution in [0.3, 0.4) is 0 Å². The van der Waals surface area contributed by atoms with Crippen LogP contribution in [0.2, 0.25) is 5.02 Å². The smallest absolute Gasteiger partial charge is 0.227 e. The summed E-state index contributed by atoms with van der Waals surface area (Å²) in [5.41, 5.74) is 0.210. The molecule has 0 heterocycles. The molecule has 1 fully saturated rings. The van der Waals surface area contributed by atoms with Gasteiger partial charge in [0.15, 0.2) is 0 Å². The molecule has 0 spiro atoms. The van der Waals surface area contributed by atoms with E-state index in [-0.39, 0.29) is 17.5 Å². The molecule has 0 bridgehead atoms. The van der Waals surface area contributed by atoms with Crippen LogP contribution in [-0.2, 0) is 4.79 Å². The van der Waals surface area contributed by atoms with Gasteiger partial charge in [-0.25, -0.2) is 4.39 Å². The molecule has 0 unspecified atom stereocenters. The zero-order valence-electron chi connectivity index (χ0n) is 8.80. The van der Waals surface area contributed by atoms with Gasteiger partial charge in [-0.3, -0.25) is 4.79 Å². The van der Waals surface area contributed by atoms with Crippen LogP contribution in [0.5, 0.6) is 0 Å². The van der Waals surface area contributed by atoms with E-state index in [0.29, 0.717) is 5.02 Å². The Labute approximate surface area is 98.8 Å². The molecule has 0 atom stereocenters. The molecule has 16 heavy (non-hydrogen) atoms. The van der Waals surface area contributed by atoms with Gasteiger partial charge in [-0.05, 0) is 31.0 Å². The van der Waals surface area contributed by atoms with Crippen LogP contribution in [0.25, 0.3) is 0 Å². The summed E-state index contributed by atoms with van der Waals surface area (Å²) in [4.78, 5) is 11.7. The van der Waals surface area contributed by atoms with Crippen molar-refractivity contribution < 1.29 is 9.18 Å². The summed E-state index contributed by atoms with van der Waals surface area (Å²) in [6.45, 7) is 0. The second kappa shape index (κ2) is 4.83. The number of benzene rings is 1. The number of hydrogen-bond donors (Lipinski definition) is 1. The lowest BCUT2D eigenvalue weighted by atomic mass is 10.1. The molecule has 1 aliphatic carbocycles. The quantitative estimate of drug-likeness (QED) is 0.842. The summed E-state index contributed by atoms with van der Waals surface area (Å²) in [5.74, 6) is -0.535. The van der Waals surface area contributed by atoms with Crippen LogP contribution in [0.4, 0.5) is 10.1 Å². The predicted octanol–water partition coefficient (Wildman–Crippen LogP) is 3.61. The molecule has 0 radical (unpaired) electrons. The molecular formula is C12H13ClFNO. The summed E-state index contributed by atoms with van der Waals surface area (Å²) in [6, 6.07) is 4.26. The number of anilines is 1. The first-order chi connectivity index (χ1) is 7.66. The molecular weight excluding hydrogens is 229 g/mol. The van der Waals surface area contributed by atoms with E-state index >= 15 is 0 Å². The van der Waals surface area contributed by atoms with Gasteiger partial charge in [0.05, 0.1) is 5.69 Å². The monoisotopic (exact) mass is 241 g/mol. The normalized spacial score (nSPS) is 16.4. The number of carbonyl (C=O) groups excluding carboxylic acids is 1. The van der Waals surface area contributed by atoms with Gasteiger partial charge in [0, 0.05) is 10.9 Å². The number of amides is 1. The largest absolute Gasteiger partial charge is 0.323 e. The van der Waals surface area contributed by atoms with E-state index in [4.69, 9.17) is 11.6 Å². The fourth-order valence-electron chi connectivity index (χ4n) is 2.01. The number of hydrogen-bond acceptors (Lipinski definition) is 1. The fourth-order valence-corrected chi connectivity index (χ4v) is 2.17. The molecule has 1 aromatic carbocycles. The number of nitrogens with one attached hydrogen (secondary N) is 1. The Kier molecular flexibility index (Phi) is 3.44. The Balaban J connectivity index is 2.05. The van der Waals surface area contributed by atoms with Gasteiger partial charge in [-0.2, -0.15) is 0 Å². The standard InChI is InChI=1S/C12H13ClFNO/c13-9-5-6-11(10(14)7-9)15-12(16)8-3-1-2-4-8/h5-8H,1-4H2,(H,15,16). The highest BCUT2D eigenvalue weighted by atomic mass is 35.5. The molecule has 2 rings (SSSR count). The summed E-state index contributed by atoms with van der Waals surface area (Å²) in [5, 5.41) is 2.94. The van der Waals surface area contributed by atoms with Crippen molar-refractivity contribution >= 4 is 23.2 Å². The summed E-state index contributed by atoms with van der Waals surface area (Å²) in [6.07, 6.45) is 3.98. The summed E-state index contributed by atoms with van der Waals surface area (Å²) in [7, 11) is 0. The van der Waals surface area contributed by atoms with Gasteiger partial charge in [0.1, 0.15) is 5.82 Å². The van der Waals surface area contributed by atoms with Crippen molar-refractivity contribution in [3.63, 3.8) is 0 Å². The molecule has 2 nitrogen and oxygen atoms in total. The average Bonchev–Trinajstić information content (AvgIpc) is 2.75. The summed E-state index contributed by atoms with van der Waals surface area (Å²) < 4.78 is 13.4. The topological polar surface area (TPSA) is 29.1 Å². The maximum Gasteiger partial charge on any atom is 0.227 e. The van der Waals surface area contributed by atoms with Crippen molar-refractivity contribution in [1.82, 2.24) is 0 Å². The second-order valence-corrected chi connectivity index (χ2v) is 4.53. The predicted molar refractivity (Wildman–Crippen MR) is 62.0 cm³/mol. The van der Waals surface area contributed by atoms with Crippen LogP contribution in [0, 0.1) is 11.7 Å². The van der Waals surface area contributed by atoms with Crippen molar-refractivity contribution in [2.75, 3.05) is 5.32 Å². The van der Waals surface area contributed by atoms with E-state index < -0.39 is 5.82 Å². The Morgan fingerprint density at radius 2 is 2.06 bits per heavy atom. The maximum absolute atomic E-state index is 13.4. The molecule has 4 heteroatoms. The van der Waals surface area contributed by atoms with Crippen LogP contribution in [-0.4, -0.2) is 5.91 Å². The minimum atomic E-state index is -0.487. The third-order valence-corrected chi connectivity index (χ3v) is 3.15. The lowest BCUT2D eigenvalue weighted by molar-refractivity contribution is -0.119. The average molecular weight is 242 g/mol. The minimum absolute atomic E-state index is 0.0371. The molecule has 0 saturated heterocycles. The van der Waals surface area contributed by atoms with E-state index in [1.807, 2.05) is 0 Å². The molecule has 0 aromatic heterocycles.